The summed E-state index contributed by atoms with van der Waals surface area (Å²) in [4.78, 5) is 28.5. The first-order chi connectivity index (χ1) is 12.9. The molecule has 0 bridgehead atoms. The van der Waals surface area contributed by atoms with Gasteiger partial charge in [0.15, 0.2) is 0 Å². The molecule has 0 saturated carbocycles. The minimum absolute atomic E-state index is 0. The van der Waals surface area contributed by atoms with Crippen LogP contribution >= 0.6 is 0 Å². The molecule has 0 radical (unpaired) electrons. The lowest BCUT2D eigenvalue weighted by molar-refractivity contribution is -0.133. The van der Waals surface area contributed by atoms with E-state index in [0.717, 1.165) is 41.2 Å². The third-order valence-corrected chi connectivity index (χ3v) is 5.17. The molecule has 2 atom stereocenters. The molecule has 3 aromatic heterocycles. The molecule has 1 saturated heterocycles. The second-order valence-electron chi connectivity index (χ2n) is 7.28. The standard InChI is InChI=1S/C20H24N6O.3H2/c1-12-10-25(11-13(2)26(12)14(3)27)19-6-4-5-18(24-19)17-9-23-20-16(17)7-15(21)8-22-20;;;/h4-9,12-13H,10-11,21H2,1-3H3,(H,22,23);3*1H/t12-,13+;;;. The van der Waals surface area contributed by atoms with Crippen molar-refractivity contribution in [3.8, 4) is 11.3 Å². The number of hydrogen-bond acceptors (Lipinski definition) is 5. The predicted molar refractivity (Wildman–Crippen MR) is 114 cm³/mol. The first kappa shape index (κ1) is 17.3. The number of nitrogen functional groups attached to an aromatic ring is 1. The van der Waals surface area contributed by atoms with Crippen LogP contribution < -0.4 is 10.6 Å². The molecule has 4 heterocycles. The van der Waals surface area contributed by atoms with Crippen molar-refractivity contribution < 1.29 is 9.07 Å². The number of nitrogens with zero attached hydrogens (tertiary/aromatic N) is 4. The lowest BCUT2D eigenvalue weighted by Gasteiger charge is -2.44. The van der Waals surface area contributed by atoms with Gasteiger partial charge in [-0.15, -0.1) is 0 Å². The molecule has 0 aliphatic carbocycles. The third kappa shape index (κ3) is 3.09. The number of hydrogen-bond donors (Lipinski definition) is 2. The van der Waals surface area contributed by atoms with E-state index >= 15 is 0 Å². The van der Waals surface area contributed by atoms with Crippen molar-refractivity contribution in [1.82, 2.24) is 19.9 Å². The van der Waals surface area contributed by atoms with Gasteiger partial charge in [0.25, 0.3) is 0 Å². The van der Waals surface area contributed by atoms with Crippen LogP contribution in [0.3, 0.4) is 0 Å². The van der Waals surface area contributed by atoms with Crippen molar-refractivity contribution in [2.75, 3.05) is 23.7 Å². The fourth-order valence-electron chi connectivity index (χ4n) is 4.11. The van der Waals surface area contributed by atoms with Crippen LogP contribution in [0, 0.1) is 0 Å². The SMILES string of the molecule is CC(=O)N1[C@H](C)CN(c2cccc(-c3c[nH]c4ncc(N)cc34)n2)C[C@@H]1C.[HH].[HH].[HH]. The van der Waals surface area contributed by atoms with Crippen LogP contribution in [-0.4, -0.2) is 50.9 Å². The van der Waals surface area contributed by atoms with Crippen molar-refractivity contribution in [2.45, 2.75) is 32.9 Å². The Bertz CT molecular complexity index is 999. The molecule has 1 fully saturated rings. The van der Waals surface area contributed by atoms with E-state index < -0.39 is 0 Å². The van der Waals surface area contributed by atoms with Gasteiger partial charge in [-0.2, -0.15) is 0 Å². The number of nitrogens with one attached hydrogen (secondary N) is 1. The minimum Gasteiger partial charge on any atom is -0.397 e. The Morgan fingerprint density at radius 2 is 2.04 bits per heavy atom. The average Bonchev–Trinajstić information content (AvgIpc) is 3.04. The van der Waals surface area contributed by atoms with Crippen molar-refractivity contribution in [1.29, 1.82) is 0 Å². The maximum absolute atomic E-state index is 11.9. The number of rotatable bonds is 2. The van der Waals surface area contributed by atoms with Crippen molar-refractivity contribution >= 4 is 28.4 Å². The zero-order valence-corrected chi connectivity index (χ0v) is 15.8. The first-order valence-corrected chi connectivity index (χ1v) is 9.18. The number of nitrogens with two attached hydrogens (primary N) is 1. The van der Waals surface area contributed by atoms with Gasteiger partial charge in [0.05, 0.1) is 17.6 Å². The number of carbonyl (C=O) groups is 1. The minimum atomic E-state index is 0. The first-order valence-electron chi connectivity index (χ1n) is 9.18. The second-order valence-corrected chi connectivity index (χ2v) is 7.28. The summed E-state index contributed by atoms with van der Waals surface area (Å²) in [5, 5.41) is 0.961. The Labute approximate surface area is 162 Å². The third-order valence-electron chi connectivity index (χ3n) is 5.17. The smallest absolute Gasteiger partial charge is 0.220 e. The topological polar surface area (TPSA) is 91.1 Å². The molecule has 1 amide bonds. The molecule has 0 aromatic carbocycles. The molecule has 7 nitrogen and oxygen atoms in total. The molecule has 27 heavy (non-hydrogen) atoms. The fraction of sp³-hybridized carbons (Fsp3) is 0.350. The number of carbonyl (C=O) groups excluding carboxylic acids is 1. The van der Waals surface area contributed by atoms with E-state index in [1.165, 1.54) is 0 Å². The Morgan fingerprint density at radius 3 is 2.74 bits per heavy atom. The predicted octanol–water partition coefficient (Wildman–Crippen LogP) is 3.39. The van der Waals surface area contributed by atoms with Gasteiger partial charge >= 0.3 is 0 Å². The molecule has 3 aromatic rings. The normalized spacial score (nSPS) is 20.3. The Balaban J connectivity index is 0.00000150. The van der Waals surface area contributed by atoms with Gasteiger partial charge in [0.1, 0.15) is 11.5 Å². The van der Waals surface area contributed by atoms with E-state index in [-0.39, 0.29) is 22.3 Å². The van der Waals surface area contributed by atoms with E-state index in [9.17, 15) is 4.79 Å². The van der Waals surface area contributed by atoms with Crippen LogP contribution in [-0.2, 0) is 4.79 Å². The molecule has 3 N–H and O–H groups in total. The highest BCUT2D eigenvalue weighted by Crippen LogP contribution is 2.29. The average molecular weight is 371 g/mol. The number of piperazine rings is 1. The molecular formula is C20H30N6O. The number of aromatic amines is 1. The summed E-state index contributed by atoms with van der Waals surface area (Å²) in [5.74, 6) is 1.04. The lowest BCUT2D eigenvalue weighted by Crippen LogP contribution is -2.58. The number of aromatic nitrogens is 3. The van der Waals surface area contributed by atoms with Crippen LogP contribution in [0.15, 0.2) is 36.7 Å². The molecule has 1 aliphatic rings. The van der Waals surface area contributed by atoms with Gasteiger partial charge < -0.3 is 20.5 Å². The quantitative estimate of drug-likeness (QED) is 0.721. The molecule has 4 rings (SSSR count). The van der Waals surface area contributed by atoms with E-state index in [1.54, 1.807) is 13.1 Å². The number of pyridine rings is 2. The maximum atomic E-state index is 11.9. The highest BCUT2D eigenvalue weighted by atomic mass is 16.2. The van der Waals surface area contributed by atoms with E-state index in [0.29, 0.717) is 5.69 Å². The van der Waals surface area contributed by atoms with Crippen molar-refractivity contribution in [3.63, 3.8) is 0 Å². The maximum Gasteiger partial charge on any atom is 0.220 e. The van der Waals surface area contributed by atoms with Crippen LogP contribution in [0.2, 0.25) is 0 Å². The fourth-order valence-corrected chi connectivity index (χ4v) is 4.11. The summed E-state index contributed by atoms with van der Waals surface area (Å²) in [6.07, 6.45) is 3.56. The summed E-state index contributed by atoms with van der Waals surface area (Å²) in [6, 6.07) is 8.24. The zero-order valence-electron chi connectivity index (χ0n) is 15.8. The van der Waals surface area contributed by atoms with E-state index in [1.807, 2.05) is 35.4 Å². The largest absolute Gasteiger partial charge is 0.397 e. The highest BCUT2D eigenvalue weighted by Gasteiger charge is 2.31. The van der Waals surface area contributed by atoms with Crippen molar-refractivity contribution in [2.24, 2.45) is 0 Å². The van der Waals surface area contributed by atoms with Crippen molar-refractivity contribution in [3.05, 3.63) is 36.7 Å². The molecule has 7 heteroatoms. The van der Waals surface area contributed by atoms with Gasteiger partial charge in [-0.3, -0.25) is 4.79 Å². The summed E-state index contributed by atoms with van der Waals surface area (Å²) in [5.41, 5.74) is 9.19. The summed E-state index contributed by atoms with van der Waals surface area (Å²) < 4.78 is 0. The Hall–Kier alpha value is -3.09. The van der Waals surface area contributed by atoms with Crippen LogP contribution in [0.25, 0.3) is 22.3 Å². The zero-order chi connectivity index (χ0) is 19.1. The molecule has 146 valence electrons. The van der Waals surface area contributed by atoms with Crippen LogP contribution in [0.4, 0.5) is 11.5 Å². The molecular weight excluding hydrogens is 340 g/mol. The van der Waals surface area contributed by atoms with Crippen LogP contribution in [0.5, 0.6) is 0 Å². The Kier molecular flexibility index (Phi) is 4.22. The molecule has 1 aliphatic heterocycles. The van der Waals surface area contributed by atoms with Gasteiger partial charge in [-0.1, -0.05) is 6.07 Å². The van der Waals surface area contributed by atoms with Crippen LogP contribution in [0.1, 0.15) is 25.1 Å². The molecule has 0 unspecified atom stereocenters. The van der Waals surface area contributed by atoms with Gasteiger partial charge in [-0.25, -0.2) is 9.97 Å². The van der Waals surface area contributed by atoms with Gasteiger partial charge in [0.2, 0.25) is 5.91 Å². The highest BCUT2D eigenvalue weighted by molar-refractivity contribution is 5.94. The summed E-state index contributed by atoms with van der Waals surface area (Å²) in [6.45, 7) is 7.34. The number of amides is 1. The second kappa shape index (κ2) is 6.57. The van der Waals surface area contributed by atoms with E-state index in [4.69, 9.17) is 10.7 Å². The summed E-state index contributed by atoms with van der Waals surface area (Å²) >= 11 is 0. The lowest BCUT2D eigenvalue weighted by atomic mass is 10.1. The number of fused-ring (bicyclic) bond motifs is 1. The number of anilines is 2. The van der Waals surface area contributed by atoms with Gasteiger partial charge in [-0.05, 0) is 32.0 Å². The monoisotopic (exact) mass is 370 g/mol. The molecule has 0 spiro atoms. The van der Waals surface area contributed by atoms with E-state index in [2.05, 4.69) is 28.7 Å². The van der Waals surface area contributed by atoms with Gasteiger partial charge in [0, 0.05) is 53.5 Å². The summed E-state index contributed by atoms with van der Waals surface area (Å²) in [7, 11) is 0. The Morgan fingerprint density at radius 1 is 1.30 bits per heavy atom. The number of H-pyrrole nitrogens is 1.